The summed E-state index contributed by atoms with van der Waals surface area (Å²) < 4.78 is 0. The molecule has 1 atom stereocenters. The van der Waals surface area contributed by atoms with Crippen LogP contribution < -0.4 is 5.73 Å². The number of benzene rings is 1. The third kappa shape index (κ3) is 2.34. The molecule has 2 heteroatoms. The van der Waals surface area contributed by atoms with E-state index < -0.39 is 0 Å². The molecule has 2 N–H and O–H groups in total. The Bertz CT molecular complexity index is 454. The zero-order valence-corrected chi connectivity index (χ0v) is 10.6. The van der Waals surface area contributed by atoms with Crippen molar-refractivity contribution in [3.63, 3.8) is 0 Å². The summed E-state index contributed by atoms with van der Waals surface area (Å²) in [7, 11) is 0. The summed E-state index contributed by atoms with van der Waals surface area (Å²) in [4.78, 5) is 1.30. The number of hydrogen-bond donors (Lipinski definition) is 1. The normalized spacial score (nSPS) is 12.7. The smallest absolute Gasteiger partial charge is 0.0346 e. The van der Waals surface area contributed by atoms with Crippen LogP contribution in [-0.2, 0) is 6.42 Å². The lowest BCUT2D eigenvalue weighted by Crippen LogP contribution is -2.02. The molecule has 0 spiro atoms. The molecule has 1 unspecified atom stereocenters. The van der Waals surface area contributed by atoms with Crippen LogP contribution in [0, 0.1) is 0 Å². The molecular weight excluding hydrogens is 214 g/mol. The van der Waals surface area contributed by atoms with E-state index in [0.29, 0.717) is 0 Å². The second-order valence-electron chi connectivity index (χ2n) is 4.08. The maximum Gasteiger partial charge on any atom is 0.0346 e. The Morgan fingerprint density at radius 1 is 1.25 bits per heavy atom. The lowest BCUT2D eigenvalue weighted by Gasteiger charge is -2.01. The van der Waals surface area contributed by atoms with Crippen molar-refractivity contribution in [2.24, 2.45) is 5.73 Å². The van der Waals surface area contributed by atoms with Gasteiger partial charge in [0, 0.05) is 10.9 Å². The van der Waals surface area contributed by atoms with Crippen molar-refractivity contribution in [3.05, 3.63) is 46.8 Å². The second-order valence-corrected chi connectivity index (χ2v) is 4.99. The van der Waals surface area contributed by atoms with Gasteiger partial charge in [-0.25, -0.2) is 0 Å². The minimum atomic E-state index is 0.125. The first-order valence-corrected chi connectivity index (χ1v) is 6.52. The van der Waals surface area contributed by atoms with E-state index in [-0.39, 0.29) is 6.04 Å². The van der Waals surface area contributed by atoms with Crippen LogP contribution in [0.1, 0.15) is 31.0 Å². The Balaban J connectivity index is 2.28. The summed E-state index contributed by atoms with van der Waals surface area (Å²) in [5.74, 6) is 0. The molecule has 1 heterocycles. The van der Waals surface area contributed by atoms with Gasteiger partial charge in [0.1, 0.15) is 0 Å². The summed E-state index contributed by atoms with van der Waals surface area (Å²) in [6.07, 6.45) is 1.09. The maximum absolute atomic E-state index is 5.86. The lowest BCUT2D eigenvalue weighted by molar-refractivity contribution is 0.823. The highest BCUT2D eigenvalue weighted by Crippen LogP contribution is 2.29. The third-order valence-corrected chi connectivity index (χ3v) is 3.79. The predicted octanol–water partition coefficient (Wildman–Crippen LogP) is 4.00. The quantitative estimate of drug-likeness (QED) is 0.849. The molecule has 0 radical (unpaired) electrons. The van der Waals surface area contributed by atoms with E-state index in [1.807, 2.05) is 6.92 Å². The fraction of sp³-hybridized carbons (Fsp3) is 0.286. The van der Waals surface area contributed by atoms with Gasteiger partial charge >= 0.3 is 0 Å². The predicted molar refractivity (Wildman–Crippen MR) is 71.7 cm³/mol. The first-order valence-electron chi connectivity index (χ1n) is 5.64. The van der Waals surface area contributed by atoms with E-state index in [4.69, 9.17) is 5.73 Å². The van der Waals surface area contributed by atoms with E-state index in [0.717, 1.165) is 6.42 Å². The van der Waals surface area contributed by atoms with Gasteiger partial charge in [0.05, 0.1) is 0 Å². The molecule has 0 aliphatic carbocycles. The summed E-state index contributed by atoms with van der Waals surface area (Å²) in [6.45, 7) is 4.19. The van der Waals surface area contributed by atoms with Crippen molar-refractivity contribution < 1.29 is 0 Å². The van der Waals surface area contributed by atoms with Gasteiger partial charge in [-0.2, -0.15) is 0 Å². The molecule has 1 aromatic heterocycles. The van der Waals surface area contributed by atoms with Crippen LogP contribution in [0.3, 0.4) is 0 Å². The molecule has 0 aliphatic heterocycles. The molecule has 0 saturated carbocycles. The van der Waals surface area contributed by atoms with Crippen LogP contribution in [0.15, 0.2) is 35.7 Å². The molecule has 2 aromatic rings. The minimum absolute atomic E-state index is 0.125. The largest absolute Gasteiger partial charge is 0.324 e. The summed E-state index contributed by atoms with van der Waals surface area (Å²) in [5, 5.41) is 2.15. The van der Waals surface area contributed by atoms with Crippen LogP contribution in [-0.4, -0.2) is 0 Å². The number of thiophene rings is 1. The summed E-state index contributed by atoms with van der Waals surface area (Å²) in [6, 6.07) is 11.1. The highest BCUT2D eigenvalue weighted by atomic mass is 32.1. The molecular formula is C14H17NS. The Kier molecular flexibility index (Phi) is 3.42. The van der Waals surface area contributed by atoms with Crippen molar-refractivity contribution in [1.29, 1.82) is 0 Å². The van der Waals surface area contributed by atoms with E-state index in [1.54, 1.807) is 11.3 Å². The van der Waals surface area contributed by atoms with Crippen LogP contribution >= 0.6 is 11.3 Å². The van der Waals surface area contributed by atoms with Gasteiger partial charge < -0.3 is 5.73 Å². The van der Waals surface area contributed by atoms with E-state index in [9.17, 15) is 0 Å². The van der Waals surface area contributed by atoms with Crippen LogP contribution in [0.5, 0.6) is 0 Å². The second kappa shape index (κ2) is 4.81. The first-order chi connectivity index (χ1) is 7.70. The fourth-order valence-electron chi connectivity index (χ4n) is 1.65. The Hall–Kier alpha value is -1.12. The molecule has 16 heavy (non-hydrogen) atoms. The standard InChI is InChI=1S/C14H17NS/c1-3-11-4-6-12(7-5-11)14-8-13(9-16-14)10(2)15/h4-10H,3,15H2,1-2H3. The Labute approximate surface area is 101 Å². The van der Waals surface area contributed by atoms with Gasteiger partial charge in [-0.1, -0.05) is 31.2 Å². The summed E-state index contributed by atoms with van der Waals surface area (Å²) >= 11 is 1.76. The van der Waals surface area contributed by atoms with E-state index in [1.165, 1.54) is 21.6 Å². The lowest BCUT2D eigenvalue weighted by atomic mass is 10.1. The van der Waals surface area contributed by atoms with Gasteiger partial charge in [0.2, 0.25) is 0 Å². The Morgan fingerprint density at radius 2 is 1.94 bits per heavy atom. The average Bonchev–Trinajstić information content (AvgIpc) is 2.78. The zero-order valence-electron chi connectivity index (χ0n) is 9.73. The van der Waals surface area contributed by atoms with Crippen molar-refractivity contribution in [1.82, 2.24) is 0 Å². The minimum Gasteiger partial charge on any atom is -0.324 e. The molecule has 1 aromatic carbocycles. The van der Waals surface area contributed by atoms with Gasteiger partial charge in [-0.05, 0) is 41.5 Å². The van der Waals surface area contributed by atoms with Crippen molar-refractivity contribution >= 4 is 11.3 Å². The number of aryl methyl sites for hydroxylation is 1. The van der Waals surface area contributed by atoms with E-state index in [2.05, 4.69) is 42.6 Å². The van der Waals surface area contributed by atoms with Gasteiger partial charge in [0.15, 0.2) is 0 Å². The van der Waals surface area contributed by atoms with E-state index >= 15 is 0 Å². The topological polar surface area (TPSA) is 26.0 Å². The van der Waals surface area contributed by atoms with Crippen LogP contribution in [0.2, 0.25) is 0 Å². The molecule has 0 fully saturated rings. The van der Waals surface area contributed by atoms with Gasteiger partial charge in [-0.3, -0.25) is 0 Å². The SMILES string of the molecule is CCc1ccc(-c2cc(C(C)N)cs2)cc1. The third-order valence-electron chi connectivity index (χ3n) is 2.79. The molecule has 1 nitrogen and oxygen atoms in total. The van der Waals surface area contributed by atoms with Gasteiger partial charge in [-0.15, -0.1) is 11.3 Å². The van der Waals surface area contributed by atoms with Crippen molar-refractivity contribution in [2.75, 3.05) is 0 Å². The fourth-order valence-corrected chi connectivity index (χ4v) is 2.67. The maximum atomic E-state index is 5.86. The van der Waals surface area contributed by atoms with Crippen LogP contribution in [0.4, 0.5) is 0 Å². The molecule has 84 valence electrons. The van der Waals surface area contributed by atoms with Crippen molar-refractivity contribution in [2.45, 2.75) is 26.3 Å². The number of rotatable bonds is 3. The Morgan fingerprint density at radius 3 is 2.44 bits per heavy atom. The molecule has 0 amide bonds. The molecule has 0 aliphatic rings. The van der Waals surface area contributed by atoms with Gasteiger partial charge in [0.25, 0.3) is 0 Å². The number of nitrogens with two attached hydrogens (primary N) is 1. The van der Waals surface area contributed by atoms with Crippen molar-refractivity contribution in [3.8, 4) is 10.4 Å². The zero-order chi connectivity index (χ0) is 11.5. The highest BCUT2D eigenvalue weighted by molar-refractivity contribution is 7.13. The average molecular weight is 231 g/mol. The first kappa shape index (κ1) is 11.4. The highest BCUT2D eigenvalue weighted by Gasteiger charge is 2.05. The molecule has 2 rings (SSSR count). The summed E-state index contributed by atoms with van der Waals surface area (Å²) in [5.41, 5.74) is 9.75. The number of hydrogen-bond acceptors (Lipinski definition) is 2. The van der Waals surface area contributed by atoms with Crippen LogP contribution in [0.25, 0.3) is 10.4 Å². The molecule has 0 saturated heterocycles. The monoisotopic (exact) mass is 231 g/mol. The molecule has 0 bridgehead atoms.